The monoisotopic (exact) mass is 350 g/mol. The van der Waals surface area contributed by atoms with Gasteiger partial charge in [0.1, 0.15) is 6.33 Å². The fraction of sp³-hybridized carbons (Fsp3) is 0.211. The second-order valence-corrected chi connectivity index (χ2v) is 6.92. The summed E-state index contributed by atoms with van der Waals surface area (Å²) in [6.45, 7) is 0. The van der Waals surface area contributed by atoms with Crippen molar-refractivity contribution < 1.29 is 4.79 Å². The molecule has 126 valence electrons. The number of fused-ring (bicyclic) bond motifs is 2. The van der Waals surface area contributed by atoms with Gasteiger partial charge in [0, 0.05) is 7.05 Å². The van der Waals surface area contributed by atoms with Gasteiger partial charge in [-0.2, -0.15) is 0 Å². The molecule has 0 unspecified atom stereocenters. The van der Waals surface area contributed by atoms with Gasteiger partial charge in [-0.25, -0.2) is 4.98 Å². The van der Waals surface area contributed by atoms with Crippen molar-refractivity contribution in [2.24, 2.45) is 7.05 Å². The summed E-state index contributed by atoms with van der Waals surface area (Å²) in [5, 5.41) is 4.85. The van der Waals surface area contributed by atoms with E-state index in [-0.39, 0.29) is 5.91 Å². The lowest BCUT2D eigenvalue weighted by atomic mass is 10.0. The van der Waals surface area contributed by atoms with Crippen molar-refractivity contribution in [3.8, 4) is 0 Å². The van der Waals surface area contributed by atoms with Crippen molar-refractivity contribution in [3.63, 3.8) is 0 Å². The molecule has 1 amide bonds. The summed E-state index contributed by atoms with van der Waals surface area (Å²) < 4.78 is 1.64. The molecule has 2 heterocycles. The number of hydrogen-bond donors (Lipinski definition) is 0. The van der Waals surface area contributed by atoms with E-state index < -0.39 is 0 Å². The van der Waals surface area contributed by atoms with Crippen LogP contribution in [0.1, 0.15) is 11.1 Å². The van der Waals surface area contributed by atoms with Crippen LogP contribution in [0.25, 0.3) is 0 Å². The van der Waals surface area contributed by atoms with Crippen LogP contribution in [0.3, 0.4) is 0 Å². The molecular formula is C19H18N4OS. The van der Waals surface area contributed by atoms with E-state index in [9.17, 15) is 4.79 Å². The SMILES string of the molecule is Cn1cnc(SCC(=O)N2c3ccccc3CCc3ccccc32)n1. The molecule has 0 radical (unpaired) electrons. The summed E-state index contributed by atoms with van der Waals surface area (Å²) >= 11 is 1.36. The van der Waals surface area contributed by atoms with Gasteiger partial charge in [0.05, 0.1) is 17.1 Å². The Kier molecular flexibility index (Phi) is 4.28. The Hall–Kier alpha value is -2.60. The zero-order valence-corrected chi connectivity index (χ0v) is 14.7. The average Bonchev–Trinajstić information content (AvgIpc) is 2.97. The minimum atomic E-state index is 0.0410. The third kappa shape index (κ3) is 3.17. The minimum Gasteiger partial charge on any atom is -0.280 e. The maximum atomic E-state index is 13.1. The van der Waals surface area contributed by atoms with E-state index >= 15 is 0 Å². The summed E-state index contributed by atoms with van der Waals surface area (Å²) in [4.78, 5) is 19.1. The summed E-state index contributed by atoms with van der Waals surface area (Å²) in [5.74, 6) is 0.339. The van der Waals surface area contributed by atoms with Gasteiger partial charge in [0.2, 0.25) is 11.1 Å². The number of nitrogens with zero attached hydrogens (tertiary/aromatic N) is 4. The zero-order chi connectivity index (χ0) is 17.2. The fourth-order valence-corrected chi connectivity index (χ4v) is 3.81. The Morgan fingerprint density at radius 2 is 1.64 bits per heavy atom. The number of aryl methyl sites for hydroxylation is 3. The maximum Gasteiger partial charge on any atom is 0.242 e. The van der Waals surface area contributed by atoms with E-state index in [0.717, 1.165) is 24.2 Å². The lowest BCUT2D eigenvalue weighted by Crippen LogP contribution is -2.28. The highest BCUT2D eigenvalue weighted by Gasteiger charge is 2.25. The van der Waals surface area contributed by atoms with Crippen LogP contribution in [0.2, 0.25) is 0 Å². The number of hydrogen-bond acceptors (Lipinski definition) is 4. The molecule has 0 saturated heterocycles. The van der Waals surface area contributed by atoms with E-state index in [0.29, 0.717) is 10.9 Å². The highest BCUT2D eigenvalue weighted by molar-refractivity contribution is 7.99. The molecule has 0 fully saturated rings. The lowest BCUT2D eigenvalue weighted by Gasteiger charge is -2.24. The summed E-state index contributed by atoms with van der Waals surface area (Å²) in [6.07, 6.45) is 3.52. The number of anilines is 2. The molecule has 1 aromatic heterocycles. The average molecular weight is 350 g/mol. The van der Waals surface area contributed by atoms with Gasteiger partial charge in [-0.1, -0.05) is 48.2 Å². The predicted molar refractivity (Wildman–Crippen MR) is 99.2 cm³/mol. The molecule has 3 aromatic rings. The van der Waals surface area contributed by atoms with Crippen LogP contribution in [-0.4, -0.2) is 26.4 Å². The molecule has 0 bridgehead atoms. The van der Waals surface area contributed by atoms with Crippen LogP contribution in [0, 0.1) is 0 Å². The molecule has 2 aromatic carbocycles. The van der Waals surface area contributed by atoms with E-state index in [1.807, 2.05) is 48.3 Å². The van der Waals surface area contributed by atoms with Gasteiger partial charge in [0.15, 0.2) is 0 Å². The van der Waals surface area contributed by atoms with E-state index in [4.69, 9.17) is 0 Å². The molecule has 0 saturated carbocycles. The molecule has 1 aliphatic rings. The number of para-hydroxylation sites is 2. The van der Waals surface area contributed by atoms with Crippen molar-refractivity contribution in [1.29, 1.82) is 0 Å². The first kappa shape index (κ1) is 15.9. The second-order valence-electron chi connectivity index (χ2n) is 5.98. The van der Waals surface area contributed by atoms with Gasteiger partial charge in [-0.15, -0.1) is 5.10 Å². The summed E-state index contributed by atoms with van der Waals surface area (Å²) in [6, 6.07) is 16.3. The Morgan fingerprint density at radius 3 is 2.20 bits per heavy atom. The molecule has 0 spiro atoms. The van der Waals surface area contributed by atoms with E-state index in [1.165, 1.54) is 22.9 Å². The van der Waals surface area contributed by atoms with Crippen molar-refractivity contribution in [1.82, 2.24) is 14.8 Å². The zero-order valence-electron chi connectivity index (χ0n) is 13.9. The number of rotatable bonds is 3. The van der Waals surface area contributed by atoms with Crippen molar-refractivity contribution in [2.45, 2.75) is 18.0 Å². The van der Waals surface area contributed by atoms with Gasteiger partial charge < -0.3 is 0 Å². The first-order valence-corrected chi connectivity index (χ1v) is 9.18. The minimum absolute atomic E-state index is 0.0410. The van der Waals surface area contributed by atoms with Crippen LogP contribution in [0.15, 0.2) is 60.0 Å². The van der Waals surface area contributed by atoms with Crippen LogP contribution in [0.5, 0.6) is 0 Å². The van der Waals surface area contributed by atoms with E-state index in [1.54, 1.807) is 11.0 Å². The first-order valence-electron chi connectivity index (χ1n) is 8.19. The Bertz CT molecular complexity index is 874. The number of amides is 1. The third-order valence-corrected chi connectivity index (χ3v) is 5.12. The molecule has 0 atom stereocenters. The van der Waals surface area contributed by atoms with Crippen molar-refractivity contribution in [2.75, 3.05) is 10.7 Å². The molecule has 0 aliphatic carbocycles. The smallest absolute Gasteiger partial charge is 0.242 e. The molecule has 5 nitrogen and oxygen atoms in total. The van der Waals surface area contributed by atoms with Gasteiger partial charge >= 0.3 is 0 Å². The molecule has 4 rings (SSSR count). The Balaban J connectivity index is 1.68. The van der Waals surface area contributed by atoms with E-state index in [2.05, 4.69) is 22.2 Å². The van der Waals surface area contributed by atoms with Gasteiger partial charge in [-0.3, -0.25) is 14.4 Å². The van der Waals surface area contributed by atoms with Crippen LogP contribution < -0.4 is 4.90 Å². The summed E-state index contributed by atoms with van der Waals surface area (Å²) in [7, 11) is 1.82. The predicted octanol–water partition coefficient (Wildman–Crippen LogP) is 3.37. The Morgan fingerprint density at radius 1 is 1.04 bits per heavy atom. The van der Waals surface area contributed by atoms with Gasteiger partial charge in [0.25, 0.3) is 0 Å². The molecular weight excluding hydrogens is 332 g/mol. The number of carbonyl (C=O) groups is 1. The standard InChI is InChI=1S/C19H18N4OS/c1-22-13-20-19(21-22)25-12-18(24)23-16-8-4-2-6-14(16)10-11-15-7-3-5-9-17(15)23/h2-9,13H,10-12H2,1H3. The Labute approximate surface area is 150 Å². The van der Waals surface area contributed by atoms with Crippen LogP contribution >= 0.6 is 11.8 Å². The van der Waals surface area contributed by atoms with Crippen LogP contribution in [0.4, 0.5) is 11.4 Å². The maximum absolute atomic E-state index is 13.1. The number of benzene rings is 2. The topological polar surface area (TPSA) is 51.0 Å². The second kappa shape index (κ2) is 6.72. The molecule has 25 heavy (non-hydrogen) atoms. The highest BCUT2D eigenvalue weighted by atomic mass is 32.2. The quantitative estimate of drug-likeness (QED) is 0.680. The molecule has 0 N–H and O–H groups in total. The van der Waals surface area contributed by atoms with Gasteiger partial charge in [-0.05, 0) is 36.1 Å². The molecule has 1 aliphatic heterocycles. The summed E-state index contributed by atoms with van der Waals surface area (Å²) in [5.41, 5.74) is 4.36. The number of thioether (sulfide) groups is 1. The van der Waals surface area contributed by atoms with Crippen molar-refractivity contribution >= 4 is 29.0 Å². The van der Waals surface area contributed by atoms with Crippen LogP contribution in [-0.2, 0) is 24.7 Å². The normalized spacial score (nSPS) is 13.1. The first-order chi connectivity index (χ1) is 12.2. The third-order valence-electron chi connectivity index (χ3n) is 4.28. The number of carbonyl (C=O) groups excluding carboxylic acids is 1. The molecule has 6 heteroatoms. The fourth-order valence-electron chi connectivity index (χ4n) is 3.13. The lowest BCUT2D eigenvalue weighted by molar-refractivity contribution is -0.115. The largest absolute Gasteiger partial charge is 0.280 e. The number of aromatic nitrogens is 3. The highest BCUT2D eigenvalue weighted by Crippen LogP contribution is 2.36. The van der Waals surface area contributed by atoms with Crippen molar-refractivity contribution in [3.05, 3.63) is 66.0 Å².